The molecule has 1 aromatic carbocycles. The number of carbonyl (C=O) groups excluding carboxylic acids is 4. The molecule has 2 saturated heterocycles. The highest BCUT2D eigenvalue weighted by atomic mass is 19.1. The van der Waals surface area contributed by atoms with Gasteiger partial charge < -0.3 is 24.4 Å². The summed E-state index contributed by atoms with van der Waals surface area (Å²) >= 11 is 0. The number of hydrogen-bond acceptors (Lipinski definition) is 10. The van der Waals surface area contributed by atoms with Crippen molar-refractivity contribution in [1.29, 1.82) is 0 Å². The zero-order valence-corrected chi connectivity index (χ0v) is 21.6. The monoisotopic (exact) mass is 544 g/mol. The van der Waals surface area contributed by atoms with Gasteiger partial charge in [0.1, 0.15) is 18.0 Å². The fraction of sp³-hybridized carbons (Fsp3) is 0.480. The molecule has 0 aliphatic carbocycles. The molecule has 2 fully saturated rings. The highest BCUT2D eigenvalue weighted by Gasteiger charge is 2.37. The minimum absolute atomic E-state index is 0.0171. The topological polar surface area (TPSA) is 136 Å². The number of rotatable bonds is 7. The van der Waals surface area contributed by atoms with E-state index in [-0.39, 0.29) is 18.8 Å². The van der Waals surface area contributed by atoms with Crippen molar-refractivity contribution in [3.05, 3.63) is 41.5 Å². The van der Waals surface area contributed by atoms with Gasteiger partial charge in [-0.05, 0) is 37.6 Å². The van der Waals surface area contributed by atoms with Crippen LogP contribution in [0.25, 0.3) is 0 Å². The molecule has 3 aliphatic rings. The van der Waals surface area contributed by atoms with Gasteiger partial charge in [0.15, 0.2) is 0 Å². The van der Waals surface area contributed by atoms with Gasteiger partial charge in [-0.25, -0.2) is 18.9 Å². The number of benzene rings is 1. The second kappa shape index (κ2) is 10.9. The number of nitrogens with one attached hydrogen (secondary N) is 1. The summed E-state index contributed by atoms with van der Waals surface area (Å²) in [6.45, 7) is 1.92. The van der Waals surface area contributed by atoms with Crippen LogP contribution in [0.1, 0.15) is 31.0 Å². The summed E-state index contributed by atoms with van der Waals surface area (Å²) in [5.74, 6) is -1.69. The van der Waals surface area contributed by atoms with Crippen molar-refractivity contribution in [2.24, 2.45) is 7.05 Å². The van der Waals surface area contributed by atoms with Crippen molar-refractivity contribution in [2.45, 2.75) is 45.0 Å². The summed E-state index contributed by atoms with van der Waals surface area (Å²) in [4.78, 5) is 52.9. The Labute approximate surface area is 223 Å². The van der Waals surface area contributed by atoms with Crippen LogP contribution in [0.5, 0.6) is 0 Å². The van der Waals surface area contributed by atoms with E-state index in [0.717, 1.165) is 29.5 Å². The highest BCUT2D eigenvalue weighted by Crippen LogP contribution is 2.32. The van der Waals surface area contributed by atoms with E-state index in [4.69, 9.17) is 14.2 Å². The van der Waals surface area contributed by atoms with Crippen LogP contribution in [0, 0.1) is 5.82 Å². The average Bonchev–Trinajstić information content (AvgIpc) is 3.67. The Bertz CT molecular complexity index is 1270. The van der Waals surface area contributed by atoms with E-state index in [2.05, 4.69) is 10.4 Å². The third-order valence-corrected chi connectivity index (χ3v) is 6.87. The Morgan fingerprint density at radius 1 is 1.26 bits per heavy atom. The molecule has 5 rings (SSSR count). The predicted molar refractivity (Wildman–Crippen MR) is 133 cm³/mol. The molecule has 39 heavy (non-hydrogen) atoms. The van der Waals surface area contributed by atoms with Gasteiger partial charge in [0, 0.05) is 32.3 Å². The zero-order valence-electron chi connectivity index (χ0n) is 21.6. The third kappa shape index (κ3) is 5.65. The number of nitrogens with zero attached hydrogens (tertiary/aromatic N) is 5. The SMILES string of the molecule is CC(=O)N(C[C@H]1CN(c2ccc(N3Cc4cn(C)nc4C3)c(F)c2)C(=O)O1)C(=O)OCOC(=O)C1CCCN1. The van der Waals surface area contributed by atoms with Crippen LogP contribution in [0.15, 0.2) is 24.4 Å². The van der Waals surface area contributed by atoms with Gasteiger partial charge in [0.25, 0.3) is 0 Å². The number of hydrogen-bond donors (Lipinski definition) is 1. The van der Waals surface area contributed by atoms with Gasteiger partial charge >= 0.3 is 18.2 Å². The third-order valence-electron chi connectivity index (χ3n) is 6.87. The smallest absolute Gasteiger partial charge is 0.419 e. The first-order chi connectivity index (χ1) is 18.7. The average molecular weight is 545 g/mol. The quantitative estimate of drug-likeness (QED) is 0.405. The van der Waals surface area contributed by atoms with E-state index < -0.39 is 48.8 Å². The maximum Gasteiger partial charge on any atom is 0.419 e. The number of halogens is 1. The van der Waals surface area contributed by atoms with Gasteiger partial charge in [0.05, 0.1) is 36.7 Å². The largest absolute Gasteiger partial charge is 0.442 e. The molecule has 0 bridgehead atoms. The summed E-state index contributed by atoms with van der Waals surface area (Å²) < 4.78 is 32.0. The number of fused-ring (bicyclic) bond motifs is 1. The van der Waals surface area contributed by atoms with E-state index >= 15 is 4.39 Å². The molecule has 3 aliphatic heterocycles. The van der Waals surface area contributed by atoms with Crippen LogP contribution in [0.2, 0.25) is 0 Å². The maximum atomic E-state index is 15.1. The second-order valence-electron chi connectivity index (χ2n) is 9.65. The molecule has 2 aromatic rings. The maximum absolute atomic E-state index is 15.1. The van der Waals surface area contributed by atoms with Crippen molar-refractivity contribution in [2.75, 3.05) is 36.2 Å². The summed E-state index contributed by atoms with van der Waals surface area (Å²) in [5.41, 5.74) is 2.59. The number of carbonyl (C=O) groups is 4. The fourth-order valence-corrected chi connectivity index (χ4v) is 4.95. The normalized spacial score (nSPS) is 20.1. The first-order valence-electron chi connectivity index (χ1n) is 12.6. The first-order valence-corrected chi connectivity index (χ1v) is 12.6. The zero-order chi connectivity index (χ0) is 27.7. The lowest BCUT2D eigenvalue weighted by Crippen LogP contribution is -2.43. The van der Waals surface area contributed by atoms with E-state index in [0.29, 0.717) is 31.7 Å². The molecule has 1 aromatic heterocycles. The molecule has 14 heteroatoms. The molecule has 3 amide bonds. The molecule has 0 saturated carbocycles. The Morgan fingerprint density at radius 2 is 2.08 bits per heavy atom. The number of imide groups is 1. The van der Waals surface area contributed by atoms with Gasteiger partial charge in [-0.2, -0.15) is 5.10 Å². The Hall–Kier alpha value is -4.20. The summed E-state index contributed by atoms with van der Waals surface area (Å²) in [6.07, 6.45) is 0.731. The number of ether oxygens (including phenoxy) is 3. The first kappa shape index (κ1) is 26.4. The van der Waals surface area contributed by atoms with Gasteiger partial charge in [-0.1, -0.05) is 0 Å². The molecule has 0 spiro atoms. The van der Waals surface area contributed by atoms with E-state index in [9.17, 15) is 19.2 Å². The lowest BCUT2D eigenvalue weighted by atomic mass is 10.2. The Balaban J connectivity index is 1.16. The Kier molecular flexibility index (Phi) is 7.37. The van der Waals surface area contributed by atoms with Crippen molar-refractivity contribution < 1.29 is 37.8 Å². The number of amides is 3. The van der Waals surface area contributed by atoms with Crippen LogP contribution in [-0.4, -0.2) is 77.3 Å². The minimum Gasteiger partial charge on any atom is -0.442 e. The molecular weight excluding hydrogens is 515 g/mol. The van der Waals surface area contributed by atoms with E-state index in [1.165, 1.54) is 11.0 Å². The standard InChI is InChI=1S/C25H29FN6O7/c1-15(33)31(24(35)38-14-37-23(34)20-4-3-7-27-20)11-18-12-32(25(36)39-18)17-5-6-22(19(26)8-17)30-10-16-9-29(2)28-21(16)13-30/h5-6,8-9,18,20,27H,3-4,7,10-14H2,1-2H3/t18-,20?/m0/s1. The number of cyclic esters (lactones) is 1. The van der Waals surface area contributed by atoms with Crippen molar-refractivity contribution in [1.82, 2.24) is 20.0 Å². The van der Waals surface area contributed by atoms with Crippen LogP contribution in [0.3, 0.4) is 0 Å². The lowest BCUT2D eigenvalue weighted by Gasteiger charge is -2.22. The molecule has 208 valence electrons. The second-order valence-corrected chi connectivity index (χ2v) is 9.65. The van der Waals surface area contributed by atoms with E-state index in [1.54, 1.807) is 16.8 Å². The van der Waals surface area contributed by atoms with Gasteiger partial charge in [-0.3, -0.25) is 19.2 Å². The number of aryl methyl sites for hydroxylation is 1. The number of aromatic nitrogens is 2. The predicted octanol–water partition coefficient (Wildman–Crippen LogP) is 1.64. The van der Waals surface area contributed by atoms with Crippen LogP contribution in [0.4, 0.5) is 25.4 Å². The summed E-state index contributed by atoms with van der Waals surface area (Å²) in [7, 11) is 1.84. The van der Waals surface area contributed by atoms with Crippen LogP contribution in [-0.2, 0) is 43.9 Å². The molecule has 4 heterocycles. The van der Waals surface area contributed by atoms with Crippen molar-refractivity contribution in [3.8, 4) is 0 Å². The van der Waals surface area contributed by atoms with E-state index in [1.807, 2.05) is 18.1 Å². The number of esters is 1. The molecule has 1 unspecified atom stereocenters. The van der Waals surface area contributed by atoms with Crippen molar-refractivity contribution >= 4 is 35.4 Å². The highest BCUT2D eigenvalue weighted by molar-refractivity contribution is 5.92. The Morgan fingerprint density at radius 3 is 2.77 bits per heavy atom. The van der Waals surface area contributed by atoms with Gasteiger partial charge in [0.2, 0.25) is 12.7 Å². The number of anilines is 2. The van der Waals surface area contributed by atoms with Crippen LogP contribution >= 0.6 is 0 Å². The summed E-state index contributed by atoms with van der Waals surface area (Å²) in [5, 5.41) is 7.35. The molecular formula is C25H29FN6O7. The van der Waals surface area contributed by atoms with Crippen LogP contribution < -0.4 is 15.1 Å². The summed E-state index contributed by atoms with van der Waals surface area (Å²) in [6, 6.07) is 4.01. The van der Waals surface area contributed by atoms with Gasteiger partial charge in [-0.15, -0.1) is 0 Å². The van der Waals surface area contributed by atoms with Crippen molar-refractivity contribution in [3.63, 3.8) is 0 Å². The molecule has 1 N–H and O–H groups in total. The fourth-order valence-electron chi connectivity index (χ4n) is 4.95. The molecule has 13 nitrogen and oxygen atoms in total. The molecule has 0 radical (unpaired) electrons. The minimum atomic E-state index is -1.04. The molecule has 2 atom stereocenters. The lowest BCUT2D eigenvalue weighted by molar-refractivity contribution is -0.154.